The largest absolute Gasteiger partial charge is 0.493 e. The van der Waals surface area contributed by atoms with Crippen LogP contribution in [-0.4, -0.2) is 25.1 Å². The molecule has 8 nitrogen and oxygen atoms in total. The van der Waals surface area contributed by atoms with Crippen molar-refractivity contribution in [2.24, 2.45) is 11.0 Å². The van der Waals surface area contributed by atoms with Crippen LogP contribution in [0, 0.1) is 17.2 Å². The Balaban J connectivity index is 1.58. The molecule has 0 aliphatic carbocycles. The van der Waals surface area contributed by atoms with E-state index in [9.17, 15) is 14.9 Å². The van der Waals surface area contributed by atoms with Crippen molar-refractivity contribution >= 4 is 39.6 Å². The minimum Gasteiger partial charge on any atom is -0.493 e. The zero-order valence-electron chi connectivity index (χ0n) is 19.1. The molecule has 9 heteroatoms. The van der Waals surface area contributed by atoms with E-state index >= 15 is 0 Å². The molecule has 0 bridgehead atoms. The molecule has 0 saturated heterocycles. The first-order valence-corrected chi connectivity index (χ1v) is 11.4. The van der Waals surface area contributed by atoms with E-state index in [1.165, 1.54) is 20.2 Å². The number of amides is 2. The summed E-state index contributed by atoms with van der Waals surface area (Å²) in [7, 11) is 1.51. The van der Waals surface area contributed by atoms with Crippen LogP contribution < -0.4 is 20.2 Å². The minimum absolute atomic E-state index is 0.211. The molecule has 0 saturated carbocycles. The van der Waals surface area contributed by atoms with Crippen molar-refractivity contribution in [2.45, 2.75) is 13.5 Å². The lowest BCUT2D eigenvalue weighted by atomic mass is 10.1. The van der Waals surface area contributed by atoms with E-state index < -0.39 is 17.7 Å². The molecular formula is C26H23BrN4O4. The first-order valence-electron chi connectivity index (χ1n) is 10.6. The lowest BCUT2D eigenvalue weighted by Crippen LogP contribution is -2.34. The molecule has 0 fully saturated rings. The van der Waals surface area contributed by atoms with Gasteiger partial charge in [-0.25, -0.2) is 5.43 Å². The lowest BCUT2D eigenvalue weighted by molar-refractivity contribution is -0.131. The van der Waals surface area contributed by atoms with Gasteiger partial charge in [0.25, 0.3) is 5.91 Å². The Hall–Kier alpha value is -4.16. The number of carbonyl (C=O) groups excluding carboxylic acids is 2. The van der Waals surface area contributed by atoms with Crippen molar-refractivity contribution in [3.63, 3.8) is 0 Å². The van der Waals surface area contributed by atoms with Gasteiger partial charge in [-0.05, 0) is 64.8 Å². The number of hydrogen-bond donors (Lipinski definition) is 2. The molecule has 1 unspecified atom stereocenters. The number of hydrogen-bond acceptors (Lipinski definition) is 6. The van der Waals surface area contributed by atoms with E-state index in [2.05, 4.69) is 37.8 Å². The highest BCUT2D eigenvalue weighted by atomic mass is 79.9. The Kier molecular flexibility index (Phi) is 8.98. The molecule has 0 aliphatic heterocycles. The predicted octanol–water partition coefficient (Wildman–Crippen LogP) is 4.63. The van der Waals surface area contributed by atoms with Crippen LogP contribution in [0.5, 0.6) is 11.5 Å². The van der Waals surface area contributed by atoms with Crippen molar-refractivity contribution in [2.75, 3.05) is 12.4 Å². The molecule has 35 heavy (non-hydrogen) atoms. The molecule has 0 heterocycles. The SMILES string of the molecule is COc1cc(C=NNC(=O)C(C)C(=O)Nc2ccccc2Br)ccc1OCc1ccccc1C#N. The summed E-state index contributed by atoms with van der Waals surface area (Å²) in [5, 5.41) is 15.9. The molecule has 2 N–H and O–H groups in total. The number of benzene rings is 3. The third-order valence-electron chi connectivity index (χ3n) is 5.02. The second-order valence-corrected chi connectivity index (χ2v) is 8.25. The molecule has 1 atom stereocenters. The van der Waals surface area contributed by atoms with Crippen molar-refractivity contribution in [1.29, 1.82) is 5.26 Å². The van der Waals surface area contributed by atoms with Crippen LogP contribution in [0.25, 0.3) is 0 Å². The summed E-state index contributed by atoms with van der Waals surface area (Å²) >= 11 is 3.35. The van der Waals surface area contributed by atoms with Gasteiger partial charge in [-0.15, -0.1) is 0 Å². The van der Waals surface area contributed by atoms with Crippen LogP contribution in [0.15, 0.2) is 76.3 Å². The van der Waals surface area contributed by atoms with Gasteiger partial charge in [0.1, 0.15) is 12.5 Å². The van der Waals surface area contributed by atoms with E-state index in [0.717, 1.165) is 10.0 Å². The molecular weight excluding hydrogens is 512 g/mol. The van der Waals surface area contributed by atoms with E-state index in [1.54, 1.807) is 48.5 Å². The molecule has 0 spiro atoms. The summed E-state index contributed by atoms with van der Waals surface area (Å²) in [6.07, 6.45) is 1.44. The van der Waals surface area contributed by atoms with Gasteiger partial charge in [0.05, 0.1) is 30.6 Å². The summed E-state index contributed by atoms with van der Waals surface area (Å²) in [4.78, 5) is 24.7. The van der Waals surface area contributed by atoms with E-state index in [0.29, 0.717) is 28.3 Å². The van der Waals surface area contributed by atoms with Crippen molar-refractivity contribution in [3.8, 4) is 17.6 Å². The van der Waals surface area contributed by atoms with E-state index in [1.807, 2.05) is 18.2 Å². The number of rotatable bonds is 9. The Morgan fingerprint density at radius 3 is 2.57 bits per heavy atom. The van der Waals surface area contributed by atoms with Crippen LogP contribution in [0.4, 0.5) is 5.69 Å². The second-order valence-electron chi connectivity index (χ2n) is 7.39. The first kappa shape index (κ1) is 25.5. The highest BCUT2D eigenvalue weighted by Crippen LogP contribution is 2.28. The highest BCUT2D eigenvalue weighted by Gasteiger charge is 2.21. The van der Waals surface area contributed by atoms with E-state index in [-0.39, 0.29) is 6.61 Å². The van der Waals surface area contributed by atoms with Gasteiger partial charge < -0.3 is 14.8 Å². The first-order chi connectivity index (χ1) is 16.9. The number of ether oxygens (including phenoxy) is 2. The highest BCUT2D eigenvalue weighted by molar-refractivity contribution is 9.10. The summed E-state index contributed by atoms with van der Waals surface area (Å²) in [5.74, 6) is -0.991. The van der Waals surface area contributed by atoms with Crippen molar-refractivity contribution in [1.82, 2.24) is 5.43 Å². The number of halogens is 1. The average molecular weight is 535 g/mol. The molecule has 0 radical (unpaired) electrons. The van der Waals surface area contributed by atoms with Gasteiger partial charge in [-0.3, -0.25) is 9.59 Å². The molecule has 0 aromatic heterocycles. The van der Waals surface area contributed by atoms with Crippen LogP contribution >= 0.6 is 15.9 Å². The molecule has 3 rings (SSSR count). The normalized spacial score (nSPS) is 11.4. The molecule has 178 valence electrons. The Labute approximate surface area is 211 Å². The Morgan fingerprint density at radius 2 is 1.83 bits per heavy atom. The van der Waals surface area contributed by atoms with Crippen molar-refractivity contribution in [3.05, 3.63) is 87.9 Å². The minimum atomic E-state index is -0.958. The molecule has 2 amide bonds. The third-order valence-corrected chi connectivity index (χ3v) is 5.71. The Bertz CT molecular complexity index is 1290. The summed E-state index contributed by atoms with van der Waals surface area (Å²) in [5.41, 5.74) is 4.92. The standard InChI is InChI=1S/C26H23BrN4O4/c1-17(25(32)30-22-10-6-5-9-21(22)27)26(33)31-29-15-18-11-12-23(24(13-18)34-2)35-16-20-8-4-3-7-19(20)14-28/h3-13,15,17H,16H2,1-2H3,(H,30,32)(H,31,33). The van der Waals surface area contributed by atoms with Gasteiger partial charge in [0.15, 0.2) is 11.5 Å². The number of anilines is 1. The zero-order chi connectivity index (χ0) is 25.2. The molecule has 0 aliphatic rings. The number of para-hydroxylation sites is 1. The lowest BCUT2D eigenvalue weighted by Gasteiger charge is -2.12. The summed E-state index contributed by atoms with van der Waals surface area (Å²) in [6.45, 7) is 1.71. The molecule has 3 aromatic rings. The maximum Gasteiger partial charge on any atom is 0.252 e. The maximum absolute atomic E-state index is 12.4. The number of nitrogens with zero attached hydrogens (tertiary/aromatic N) is 2. The number of hydrazone groups is 1. The quantitative estimate of drug-likeness (QED) is 0.236. The van der Waals surface area contributed by atoms with Crippen LogP contribution in [0.3, 0.4) is 0 Å². The smallest absolute Gasteiger partial charge is 0.252 e. The summed E-state index contributed by atoms with van der Waals surface area (Å²) in [6, 6.07) is 21.6. The van der Waals surface area contributed by atoms with E-state index in [4.69, 9.17) is 9.47 Å². The number of methoxy groups -OCH3 is 1. The van der Waals surface area contributed by atoms with Crippen LogP contribution in [-0.2, 0) is 16.2 Å². The average Bonchev–Trinajstić information content (AvgIpc) is 2.88. The predicted molar refractivity (Wildman–Crippen MR) is 136 cm³/mol. The number of nitrogens with one attached hydrogen (secondary N) is 2. The van der Waals surface area contributed by atoms with Gasteiger partial charge in [-0.1, -0.05) is 30.3 Å². The monoisotopic (exact) mass is 534 g/mol. The number of nitriles is 1. The zero-order valence-corrected chi connectivity index (χ0v) is 20.7. The summed E-state index contributed by atoms with van der Waals surface area (Å²) < 4.78 is 11.9. The van der Waals surface area contributed by atoms with Gasteiger partial charge in [0, 0.05) is 10.0 Å². The van der Waals surface area contributed by atoms with Crippen LogP contribution in [0.1, 0.15) is 23.6 Å². The van der Waals surface area contributed by atoms with Gasteiger partial charge in [0.2, 0.25) is 5.91 Å². The fourth-order valence-electron chi connectivity index (χ4n) is 2.98. The fraction of sp³-hybridized carbons (Fsp3) is 0.154. The van der Waals surface area contributed by atoms with Crippen molar-refractivity contribution < 1.29 is 19.1 Å². The topological polar surface area (TPSA) is 113 Å². The third kappa shape index (κ3) is 6.91. The maximum atomic E-state index is 12.4. The Morgan fingerprint density at radius 1 is 1.09 bits per heavy atom. The van der Waals surface area contributed by atoms with Gasteiger partial charge >= 0.3 is 0 Å². The fourth-order valence-corrected chi connectivity index (χ4v) is 3.37. The second kappa shape index (κ2) is 12.3. The number of carbonyl (C=O) groups is 2. The molecule has 3 aromatic carbocycles. The van der Waals surface area contributed by atoms with Gasteiger partial charge in [-0.2, -0.15) is 10.4 Å². The van der Waals surface area contributed by atoms with Crippen LogP contribution in [0.2, 0.25) is 0 Å².